The first-order valence-corrected chi connectivity index (χ1v) is 14.8. The van der Waals surface area contributed by atoms with Crippen molar-refractivity contribution in [1.29, 1.82) is 5.26 Å². The fourth-order valence-corrected chi connectivity index (χ4v) is 0.0559. The Morgan fingerprint density at radius 2 is 1.30 bits per heavy atom. The summed E-state index contributed by atoms with van der Waals surface area (Å²) in [5.41, 5.74) is -0.361. The molecule has 124 valence electrons. The van der Waals surface area contributed by atoms with Crippen molar-refractivity contribution >= 4 is 45.7 Å². The van der Waals surface area contributed by atoms with Crippen LogP contribution >= 0.6 is 40.0 Å². The second kappa shape index (κ2) is 42.8. The average molecular weight is 588 g/mol. The number of carbonyl (C=O) groups excluding carboxylic acids is 1. The molecule has 7 heteroatoms. The van der Waals surface area contributed by atoms with Gasteiger partial charge in [0.25, 0.3) is 0 Å². The summed E-state index contributed by atoms with van der Waals surface area (Å²) >= 11 is 4.74. The zero-order valence-electron chi connectivity index (χ0n) is 13.5. The fourth-order valence-electron chi connectivity index (χ4n) is 0.0559. The summed E-state index contributed by atoms with van der Waals surface area (Å²) in [6, 6.07) is 2.08. The molecule has 0 atom stereocenters. The van der Waals surface area contributed by atoms with Crippen LogP contribution < -0.4 is 5.32 Å². The standard InChI is InChI=1S/C5H10N2.C3H6O.2C2H6.CH4.2HI.2V/c1-5(2,4-6)7-3;1-3(2)4;2*1-2;;;;;/h7H,1-3H3;1-2H3;2*1-2H3;1H4;2*1H;;/q;;;;;;;;+2/p-2. The van der Waals surface area contributed by atoms with E-state index < -0.39 is 0 Å². The van der Waals surface area contributed by atoms with Crippen molar-refractivity contribution in [2.75, 3.05) is 7.05 Å². The molecule has 0 aliphatic heterocycles. The molecule has 0 amide bonds. The average Bonchev–Trinajstić information content (AvgIpc) is 2.34. The molecule has 0 saturated carbocycles. The third-order valence-corrected chi connectivity index (χ3v) is 0.905. The predicted molar refractivity (Wildman–Crippen MR) is 103 cm³/mol. The molecule has 0 rings (SSSR count). The SMILES string of the molecule is C.CC.CC.CC(C)=O.CNC(C)(C)C#N.[I][V][I].[V]. The van der Waals surface area contributed by atoms with Crippen molar-refractivity contribution in [3.63, 3.8) is 0 Å². The van der Waals surface area contributed by atoms with Gasteiger partial charge >= 0.3 is 49.4 Å². The first-order valence-electron chi connectivity index (χ1n) is 5.77. The van der Waals surface area contributed by atoms with Gasteiger partial charge in [-0.25, -0.2) is 0 Å². The van der Waals surface area contributed by atoms with Gasteiger partial charge in [-0.1, -0.05) is 35.1 Å². The molecular formula is C13H32I2N2OV2. The van der Waals surface area contributed by atoms with Crippen molar-refractivity contribution in [3.8, 4) is 6.07 Å². The normalized spacial score (nSPS) is 6.30. The summed E-state index contributed by atoms with van der Waals surface area (Å²) in [7, 11) is 2.39. The number of rotatable bonds is 1. The number of nitrogens with zero attached hydrogens (tertiary/aromatic N) is 1. The van der Waals surface area contributed by atoms with E-state index in [0.29, 0.717) is 9.47 Å². The summed E-state index contributed by atoms with van der Waals surface area (Å²) in [6.07, 6.45) is 0. The Bertz CT molecular complexity index is 184. The van der Waals surface area contributed by atoms with E-state index in [0.717, 1.165) is 0 Å². The molecule has 0 aliphatic rings. The maximum Gasteiger partial charge on any atom is 0 e. The van der Waals surface area contributed by atoms with Crippen molar-refractivity contribution in [2.24, 2.45) is 0 Å². The number of ketones is 1. The second-order valence-electron chi connectivity index (χ2n) is 2.96. The number of Topliss-reactive ketones (excluding diaryl/α,β-unsaturated/α-hetero) is 1. The number of nitrogens with one attached hydrogen (secondary N) is 1. The third kappa shape index (κ3) is 116. The first-order chi connectivity index (χ1) is 8.27. The van der Waals surface area contributed by atoms with Gasteiger partial charge in [0.1, 0.15) is 11.3 Å². The summed E-state index contributed by atoms with van der Waals surface area (Å²) in [4.78, 5) is 9.44. The van der Waals surface area contributed by atoms with Gasteiger partial charge < -0.3 is 10.1 Å². The summed E-state index contributed by atoms with van der Waals surface area (Å²) in [6.45, 7) is 14.7. The molecule has 0 heterocycles. The van der Waals surface area contributed by atoms with Gasteiger partial charge in [0, 0.05) is 18.6 Å². The van der Waals surface area contributed by atoms with E-state index in [2.05, 4.69) is 51.3 Å². The molecule has 0 bridgehead atoms. The monoisotopic (exact) mass is 588 g/mol. The Labute approximate surface area is 168 Å². The van der Waals surface area contributed by atoms with Crippen LogP contribution in [-0.4, -0.2) is 18.4 Å². The Hall–Kier alpha value is 1.75. The summed E-state index contributed by atoms with van der Waals surface area (Å²) in [5.74, 6) is 0.167. The van der Waals surface area contributed by atoms with Gasteiger partial charge in [0.15, 0.2) is 0 Å². The minimum Gasteiger partial charge on any atom is 0 e. The van der Waals surface area contributed by atoms with Crippen LogP contribution in [0.2, 0.25) is 0 Å². The van der Waals surface area contributed by atoms with E-state index in [1.807, 2.05) is 41.5 Å². The van der Waals surface area contributed by atoms with Crippen LogP contribution in [0.4, 0.5) is 0 Å². The molecule has 0 aromatic heterocycles. The smallest absolute Gasteiger partial charge is 0 e. The van der Waals surface area contributed by atoms with E-state index >= 15 is 0 Å². The number of hydrogen-bond acceptors (Lipinski definition) is 3. The van der Waals surface area contributed by atoms with Crippen LogP contribution in [0.1, 0.15) is 62.8 Å². The molecule has 0 saturated heterocycles. The van der Waals surface area contributed by atoms with Crippen molar-refractivity contribution in [2.45, 2.75) is 68.4 Å². The van der Waals surface area contributed by atoms with Crippen LogP contribution in [-0.2, 0) is 32.8 Å². The molecule has 0 spiro atoms. The molecule has 3 nitrogen and oxygen atoms in total. The largest absolute Gasteiger partial charge is 0 e. The minimum atomic E-state index is -0.361. The molecule has 0 aliphatic carbocycles. The van der Waals surface area contributed by atoms with Gasteiger partial charge in [-0.3, -0.25) is 0 Å². The predicted octanol–water partition coefficient (Wildman–Crippen LogP) is 5.56. The molecule has 0 unspecified atom stereocenters. The number of hydrogen-bond donors (Lipinski definition) is 1. The van der Waals surface area contributed by atoms with Gasteiger partial charge in [-0.2, -0.15) is 5.26 Å². The van der Waals surface area contributed by atoms with E-state index in [-0.39, 0.29) is 37.3 Å². The van der Waals surface area contributed by atoms with Crippen LogP contribution in [0.5, 0.6) is 0 Å². The summed E-state index contributed by atoms with van der Waals surface area (Å²) < 4.78 is 0. The fraction of sp³-hybridized carbons (Fsp3) is 0.846. The molecule has 1 N–H and O–H groups in total. The molecule has 0 aromatic rings. The Morgan fingerprint density at radius 3 is 1.30 bits per heavy atom. The van der Waals surface area contributed by atoms with Gasteiger partial charge in [-0.15, -0.1) is 0 Å². The van der Waals surface area contributed by atoms with Crippen molar-refractivity contribution in [1.82, 2.24) is 5.32 Å². The zero-order valence-corrected chi connectivity index (χ0v) is 20.6. The van der Waals surface area contributed by atoms with Crippen molar-refractivity contribution < 1.29 is 32.8 Å². The summed E-state index contributed by atoms with van der Waals surface area (Å²) in [5, 5.41) is 11.1. The van der Waals surface area contributed by atoms with E-state index in [9.17, 15) is 4.79 Å². The van der Waals surface area contributed by atoms with Crippen LogP contribution in [0.15, 0.2) is 0 Å². The van der Waals surface area contributed by atoms with E-state index in [4.69, 9.17) is 5.26 Å². The molecule has 0 fully saturated rings. The Morgan fingerprint density at radius 1 is 1.15 bits per heavy atom. The first kappa shape index (κ1) is 43.0. The van der Waals surface area contributed by atoms with E-state index in [1.54, 1.807) is 7.05 Å². The van der Waals surface area contributed by atoms with Gasteiger partial charge in [0.05, 0.1) is 6.07 Å². The van der Waals surface area contributed by atoms with Crippen LogP contribution in [0.3, 0.4) is 0 Å². The molecular weight excluding hydrogens is 556 g/mol. The van der Waals surface area contributed by atoms with Gasteiger partial charge in [-0.05, 0) is 34.7 Å². The second-order valence-corrected chi connectivity index (χ2v) is 14.7. The number of halogens is 2. The minimum absolute atomic E-state index is 0. The number of carbonyl (C=O) groups is 1. The van der Waals surface area contributed by atoms with Crippen LogP contribution in [0, 0.1) is 11.3 Å². The van der Waals surface area contributed by atoms with Crippen LogP contribution in [0.25, 0.3) is 0 Å². The molecule has 20 heavy (non-hydrogen) atoms. The maximum atomic E-state index is 9.44. The van der Waals surface area contributed by atoms with Gasteiger partial charge in [0.2, 0.25) is 0 Å². The molecule has 1 radical (unpaired) electrons. The maximum absolute atomic E-state index is 9.44. The number of nitriles is 1. The topological polar surface area (TPSA) is 52.9 Å². The quantitative estimate of drug-likeness (QED) is 0.409. The Kier molecular flexibility index (Phi) is 92.1. The third-order valence-electron chi connectivity index (χ3n) is 0.905. The van der Waals surface area contributed by atoms with Crippen molar-refractivity contribution in [3.05, 3.63) is 0 Å². The Balaban J connectivity index is -0.0000000228. The van der Waals surface area contributed by atoms with E-state index in [1.165, 1.54) is 13.8 Å². The zero-order chi connectivity index (χ0) is 16.2. The molecule has 0 aromatic carbocycles.